The summed E-state index contributed by atoms with van der Waals surface area (Å²) >= 11 is 0. The summed E-state index contributed by atoms with van der Waals surface area (Å²) in [5, 5.41) is 0. The molecule has 0 aromatic heterocycles. The van der Waals surface area contributed by atoms with Crippen molar-refractivity contribution >= 4 is 10.0 Å². The van der Waals surface area contributed by atoms with Crippen LogP contribution in [-0.2, 0) is 10.0 Å². The van der Waals surface area contributed by atoms with Gasteiger partial charge < -0.3 is 9.64 Å². The topological polar surface area (TPSA) is 58.6 Å². The Hall–Kier alpha value is -1.18. The highest BCUT2D eigenvalue weighted by molar-refractivity contribution is 7.89. The average molecular weight is 330 g/mol. The Kier molecular flexibility index (Phi) is 5.09. The number of ether oxygens (including phenoxy) is 1. The van der Waals surface area contributed by atoms with Crippen LogP contribution in [0.1, 0.15) is 24.8 Å². The van der Waals surface area contributed by atoms with Crippen LogP contribution in [0, 0.1) is 12.7 Å². The molecule has 0 heterocycles. The summed E-state index contributed by atoms with van der Waals surface area (Å²) < 4.78 is 46.6. The van der Waals surface area contributed by atoms with Gasteiger partial charge in [0.1, 0.15) is 0 Å². The predicted octanol–water partition coefficient (Wildman–Crippen LogP) is 1.90. The number of rotatable bonds is 5. The van der Waals surface area contributed by atoms with E-state index in [1.54, 1.807) is 0 Å². The molecule has 1 fully saturated rings. The maximum atomic E-state index is 14.1. The van der Waals surface area contributed by atoms with Crippen molar-refractivity contribution in [2.24, 2.45) is 0 Å². The Balaban J connectivity index is 2.20. The first-order chi connectivity index (χ1) is 10.3. The van der Waals surface area contributed by atoms with Crippen molar-refractivity contribution in [2.45, 2.75) is 43.2 Å². The molecule has 0 aliphatic heterocycles. The molecule has 1 aliphatic carbocycles. The Morgan fingerprint density at radius 3 is 2.55 bits per heavy atom. The standard InChI is InChI=1S/C15H23FN2O3S/c1-10-14(8-7-13(21-4)15(10)16)22(19,20)17-11-5-6-12(9-11)18(2)3/h7-8,11-12,17H,5-6,9H2,1-4H3. The fourth-order valence-electron chi connectivity index (χ4n) is 2.91. The summed E-state index contributed by atoms with van der Waals surface area (Å²) in [6, 6.07) is 3.00. The fraction of sp³-hybridized carbons (Fsp3) is 0.600. The third kappa shape index (κ3) is 3.42. The quantitative estimate of drug-likeness (QED) is 0.896. The predicted molar refractivity (Wildman–Crippen MR) is 83.1 cm³/mol. The molecule has 1 aliphatic rings. The van der Waals surface area contributed by atoms with Gasteiger partial charge >= 0.3 is 0 Å². The number of benzene rings is 1. The lowest BCUT2D eigenvalue weighted by Gasteiger charge is -2.19. The Labute approximate surface area is 131 Å². The third-order valence-corrected chi connectivity index (χ3v) is 5.93. The van der Waals surface area contributed by atoms with Crippen LogP contribution in [0.15, 0.2) is 17.0 Å². The van der Waals surface area contributed by atoms with Crippen molar-refractivity contribution in [1.82, 2.24) is 9.62 Å². The largest absolute Gasteiger partial charge is 0.494 e. The van der Waals surface area contributed by atoms with Crippen LogP contribution in [0.3, 0.4) is 0 Å². The Morgan fingerprint density at radius 2 is 2.00 bits per heavy atom. The molecule has 0 spiro atoms. The number of nitrogens with one attached hydrogen (secondary N) is 1. The SMILES string of the molecule is COc1ccc(S(=O)(=O)NC2CCC(N(C)C)C2)c(C)c1F. The lowest BCUT2D eigenvalue weighted by Crippen LogP contribution is -2.35. The molecule has 5 nitrogen and oxygen atoms in total. The highest BCUT2D eigenvalue weighted by atomic mass is 32.2. The van der Waals surface area contributed by atoms with Crippen molar-refractivity contribution < 1.29 is 17.5 Å². The van der Waals surface area contributed by atoms with E-state index in [-0.39, 0.29) is 22.3 Å². The van der Waals surface area contributed by atoms with E-state index in [0.29, 0.717) is 6.04 Å². The molecular formula is C15H23FN2O3S. The number of halogens is 1. The maximum Gasteiger partial charge on any atom is 0.241 e. The van der Waals surface area contributed by atoms with E-state index in [1.807, 2.05) is 14.1 Å². The lowest BCUT2D eigenvalue weighted by atomic mass is 10.2. The number of sulfonamides is 1. The van der Waals surface area contributed by atoms with Crippen molar-refractivity contribution in [1.29, 1.82) is 0 Å². The molecule has 124 valence electrons. The number of hydrogen-bond acceptors (Lipinski definition) is 4. The summed E-state index contributed by atoms with van der Waals surface area (Å²) in [5.74, 6) is -0.590. The molecule has 1 N–H and O–H groups in total. The van der Waals surface area contributed by atoms with Crippen molar-refractivity contribution in [3.63, 3.8) is 0 Å². The molecule has 0 radical (unpaired) electrons. The molecule has 0 amide bonds. The molecule has 1 aromatic rings. The zero-order chi connectivity index (χ0) is 16.5. The highest BCUT2D eigenvalue weighted by Crippen LogP contribution is 2.28. The molecule has 1 aromatic carbocycles. The van der Waals surface area contributed by atoms with Gasteiger partial charge in [0, 0.05) is 17.6 Å². The minimum atomic E-state index is -3.74. The summed E-state index contributed by atoms with van der Waals surface area (Å²) in [5.41, 5.74) is 0.0778. The van der Waals surface area contributed by atoms with Crippen LogP contribution in [0.5, 0.6) is 5.75 Å². The van der Waals surface area contributed by atoms with Gasteiger partial charge in [0.15, 0.2) is 11.6 Å². The van der Waals surface area contributed by atoms with E-state index in [2.05, 4.69) is 9.62 Å². The molecule has 2 rings (SSSR count). The van der Waals surface area contributed by atoms with E-state index in [0.717, 1.165) is 19.3 Å². The van der Waals surface area contributed by atoms with Crippen LogP contribution >= 0.6 is 0 Å². The third-order valence-electron chi connectivity index (χ3n) is 4.27. The molecule has 0 saturated heterocycles. The summed E-state index contributed by atoms with van der Waals surface area (Å²) in [6.07, 6.45) is 2.51. The molecule has 2 atom stereocenters. The van der Waals surface area contributed by atoms with E-state index in [1.165, 1.54) is 26.2 Å². The number of methoxy groups -OCH3 is 1. The second-order valence-corrected chi connectivity index (χ2v) is 7.64. The molecular weight excluding hydrogens is 307 g/mol. The molecule has 22 heavy (non-hydrogen) atoms. The van der Waals surface area contributed by atoms with Gasteiger partial charge in [0.25, 0.3) is 0 Å². The molecule has 2 unspecified atom stereocenters. The van der Waals surface area contributed by atoms with Gasteiger partial charge in [-0.25, -0.2) is 17.5 Å². The van der Waals surface area contributed by atoms with Crippen LogP contribution < -0.4 is 9.46 Å². The molecule has 7 heteroatoms. The first kappa shape index (κ1) is 17.2. The second-order valence-electron chi connectivity index (χ2n) is 5.95. The van der Waals surface area contributed by atoms with Gasteiger partial charge in [-0.2, -0.15) is 0 Å². The van der Waals surface area contributed by atoms with E-state index >= 15 is 0 Å². The van der Waals surface area contributed by atoms with Gasteiger partial charge in [-0.1, -0.05) is 0 Å². The van der Waals surface area contributed by atoms with Crippen molar-refractivity contribution in [3.05, 3.63) is 23.5 Å². The zero-order valence-electron chi connectivity index (χ0n) is 13.4. The summed E-state index contributed by atoms with van der Waals surface area (Å²) in [7, 11) is 1.60. The van der Waals surface area contributed by atoms with E-state index in [4.69, 9.17) is 4.74 Å². The van der Waals surface area contributed by atoms with Gasteiger partial charge in [0.05, 0.1) is 12.0 Å². The zero-order valence-corrected chi connectivity index (χ0v) is 14.2. The smallest absolute Gasteiger partial charge is 0.241 e. The number of hydrogen-bond donors (Lipinski definition) is 1. The Morgan fingerprint density at radius 1 is 1.32 bits per heavy atom. The first-order valence-electron chi connectivity index (χ1n) is 7.28. The summed E-state index contributed by atoms with van der Waals surface area (Å²) in [6.45, 7) is 1.45. The van der Waals surface area contributed by atoms with Gasteiger partial charge in [-0.3, -0.25) is 0 Å². The van der Waals surface area contributed by atoms with Crippen LogP contribution in [-0.4, -0.2) is 46.6 Å². The van der Waals surface area contributed by atoms with Crippen molar-refractivity contribution in [3.8, 4) is 5.75 Å². The van der Waals surface area contributed by atoms with Crippen LogP contribution in [0.2, 0.25) is 0 Å². The van der Waals surface area contributed by atoms with E-state index in [9.17, 15) is 12.8 Å². The lowest BCUT2D eigenvalue weighted by molar-refractivity contribution is 0.295. The van der Waals surface area contributed by atoms with Crippen molar-refractivity contribution in [2.75, 3.05) is 21.2 Å². The van der Waals surface area contributed by atoms with E-state index < -0.39 is 15.8 Å². The highest BCUT2D eigenvalue weighted by Gasteiger charge is 2.31. The molecule has 1 saturated carbocycles. The normalized spacial score (nSPS) is 22.3. The maximum absolute atomic E-state index is 14.1. The first-order valence-corrected chi connectivity index (χ1v) is 8.76. The summed E-state index contributed by atoms with van der Waals surface area (Å²) in [4.78, 5) is 2.08. The second kappa shape index (κ2) is 6.52. The number of nitrogens with zero attached hydrogens (tertiary/aromatic N) is 1. The van der Waals surface area contributed by atoms with Gasteiger partial charge in [0.2, 0.25) is 10.0 Å². The Bertz CT molecular complexity index is 646. The monoisotopic (exact) mass is 330 g/mol. The minimum Gasteiger partial charge on any atom is -0.494 e. The fourth-order valence-corrected chi connectivity index (χ4v) is 4.43. The van der Waals surface area contributed by atoms with Gasteiger partial charge in [-0.05, 0) is 52.4 Å². The average Bonchev–Trinajstić information content (AvgIpc) is 2.89. The molecule has 0 bridgehead atoms. The van der Waals surface area contributed by atoms with Crippen LogP contribution in [0.4, 0.5) is 4.39 Å². The van der Waals surface area contributed by atoms with Gasteiger partial charge in [-0.15, -0.1) is 0 Å². The minimum absolute atomic E-state index is 0.0286. The van der Waals surface area contributed by atoms with Crippen LogP contribution in [0.25, 0.3) is 0 Å².